The normalized spacial score (nSPS) is 18.4. The second-order valence-corrected chi connectivity index (χ2v) is 10.0. The van der Waals surface area contributed by atoms with Crippen LogP contribution in [-0.2, 0) is 22.4 Å². The van der Waals surface area contributed by atoms with Gasteiger partial charge in [0.05, 0.1) is 5.92 Å². The van der Waals surface area contributed by atoms with E-state index in [-0.39, 0.29) is 17.5 Å². The van der Waals surface area contributed by atoms with Crippen LogP contribution < -0.4 is 0 Å². The molecule has 0 heterocycles. The van der Waals surface area contributed by atoms with Crippen LogP contribution in [0.3, 0.4) is 0 Å². The maximum absolute atomic E-state index is 12.8. The summed E-state index contributed by atoms with van der Waals surface area (Å²) in [7, 11) is 0. The zero-order valence-corrected chi connectivity index (χ0v) is 20.8. The first-order valence-electron chi connectivity index (χ1n) is 13.3. The first-order chi connectivity index (χ1) is 16.1. The Labute approximate surface area is 201 Å². The predicted octanol–water partition coefficient (Wildman–Crippen LogP) is 8.15. The van der Waals surface area contributed by atoms with Gasteiger partial charge in [-0.25, -0.2) is 0 Å². The first kappa shape index (κ1) is 25.4. The molecule has 1 aliphatic rings. The smallest absolute Gasteiger partial charge is 0.147 e. The molecule has 2 unspecified atom stereocenters. The maximum Gasteiger partial charge on any atom is 0.147 e. The number of carbonyl (C=O) groups is 2. The molecule has 2 heteroatoms. The number of hydrogen-bond donors (Lipinski definition) is 0. The molecule has 0 amide bonds. The van der Waals surface area contributed by atoms with E-state index in [1.54, 1.807) is 0 Å². The molecule has 178 valence electrons. The number of unbranched alkanes of at least 4 members (excludes halogenated alkanes) is 5. The maximum atomic E-state index is 12.8. The molecule has 2 atom stereocenters. The van der Waals surface area contributed by atoms with E-state index in [2.05, 4.69) is 50.2 Å². The van der Waals surface area contributed by atoms with Crippen molar-refractivity contribution in [2.24, 2.45) is 11.8 Å². The fraction of sp³-hybridized carbons (Fsp3) is 0.548. The van der Waals surface area contributed by atoms with Gasteiger partial charge in [-0.1, -0.05) is 107 Å². The number of benzene rings is 2. The van der Waals surface area contributed by atoms with Crippen molar-refractivity contribution in [1.82, 2.24) is 0 Å². The predicted molar refractivity (Wildman–Crippen MR) is 138 cm³/mol. The Hall–Kier alpha value is -2.22. The van der Waals surface area contributed by atoms with Gasteiger partial charge in [-0.15, -0.1) is 0 Å². The lowest BCUT2D eigenvalue weighted by atomic mass is 9.76. The Kier molecular flexibility index (Phi) is 10.4. The molecule has 2 aromatic carbocycles. The van der Waals surface area contributed by atoms with Gasteiger partial charge in [0, 0.05) is 12.8 Å². The summed E-state index contributed by atoms with van der Waals surface area (Å²) in [5.41, 5.74) is 4.80. The van der Waals surface area contributed by atoms with Gasteiger partial charge in [0.25, 0.3) is 0 Å². The van der Waals surface area contributed by atoms with Crippen molar-refractivity contribution in [3.8, 4) is 11.1 Å². The Bertz CT molecular complexity index is 863. The van der Waals surface area contributed by atoms with Gasteiger partial charge < -0.3 is 0 Å². The lowest BCUT2D eigenvalue weighted by molar-refractivity contribution is -0.135. The fourth-order valence-corrected chi connectivity index (χ4v) is 5.12. The Morgan fingerprint density at radius 3 is 1.97 bits per heavy atom. The molecule has 3 rings (SSSR count). The van der Waals surface area contributed by atoms with Crippen LogP contribution in [-0.4, -0.2) is 11.6 Å². The number of rotatable bonds is 13. The zero-order chi connectivity index (χ0) is 23.5. The van der Waals surface area contributed by atoms with Crippen LogP contribution in [0.15, 0.2) is 48.5 Å². The molecule has 1 aliphatic carbocycles. The number of aryl methyl sites for hydroxylation is 1. The van der Waals surface area contributed by atoms with E-state index in [1.165, 1.54) is 61.6 Å². The number of hydrogen-bond acceptors (Lipinski definition) is 2. The van der Waals surface area contributed by atoms with Crippen LogP contribution in [0.1, 0.15) is 95.6 Å². The van der Waals surface area contributed by atoms with Gasteiger partial charge in [-0.05, 0) is 53.9 Å². The largest absolute Gasteiger partial charge is 0.299 e. The summed E-state index contributed by atoms with van der Waals surface area (Å²) in [6, 6.07) is 17.2. The topological polar surface area (TPSA) is 34.1 Å². The molecule has 0 aromatic heterocycles. The van der Waals surface area contributed by atoms with Gasteiger partial charge in [0.2, 0.25) is 0 Å². The third-order valence-corrected chi connectivity index (χ3v) is 7.29. The molecule has 0 N–H and O–H groups in total. The monoisotopic (exact) mass is 446 g/mol. The Balaban J connectivity index is 1.49. The molecule has 0 bridgehead atoms. The van der Waals surface area contributed by atoms with Crippen molar-refractivity contribution < 1.29 is 9.59 Å². The average Bonchev–Trinajstić information content (AvgIpc) is 2.83. The van der Waals surface area contributed by atoms with Crippen molar-refractivity contribution in [2.75, 3.05) is 0 Å². The molecule has 0 spiro atoms. The minimum atomic E-state index is -0.378. The van der Waals surface area contributed by atoms with Crippen LogP contribution in [0, 0.1) is 11.8 Å². The summed E-state index contributed by atoms with van der Waals surface area (Å²) in [5.74, 6) is 0.401. The summed E-state index contributed by atoms with van der Waals surface area (Å²) < 4.78 is 0. The van der Waals surface area contributed by atoms with Crippen molar-refractivity contribution in [1.29, 1.82) is 0 Å². The molecule has 1 fully saturated rings. The Morgan fingerprint density at radius 2 is 1.36 bits per heavy atom. The van der Waals surface area contributed by atoms with Gasteiger partial charge in [-0.3, -0.25) is 9.59 Å². The zero-order valence-electron chi connectivity index (χ0n) is 20.8. The molecule has 0 saturated heterocycles. The van der Waals surface area contributed by atoms with E-state index >= 15 is 0 Å². The third-order valence-electron chi connectivity index (χ3n) is 7.29. The van der Waals surface area contributed by atoms with Crippen molar-refractivity contribution in [3.63, 3.8) is 0 Å². The van der Waals surface area contributed by atoms with E-state index in [9.17, 15) is 9.59 Å². The van der Waals surface area contributed by atoms with E-state index in [4.69, 9.17) is 0 Å². The summed E-state index contributed by atoms with van der Waals surface area (Å²) in [6.45, 7) is 4.45. The van der Waals surface area contributed by atoms with Crippen LogP contribution >= 0.6 is 0 Å². The molecule has 1 saturated carbocycles. The lowest BCUT2D eigenvalue weighted by Gasteiger charge is -2.26. The average molecular weight is 447 g/mol. The van der Waals surface area contributed by atoms with E-state index < -0.39 is 0 Å². The minimum absolute atomic E-state index is 0.104. The molecule has 33 heavy (non-hydrogen) atoms. The fourth-order valence-electron chi connectivity index (χ4n) is 5.12. The minimum Gasteiger partial charge on any atom is -0.299 e. The highest BCUT2D eigenvalue weighted by Gasteiger charge is 2.32. The number of ketones is 2. The van der Waals surface area contributed by atoms with Crippen LogP contribution in [0.4, 0.5) is 0 Å². The van der Waals surface area contributed by atoms with Crippen molar-refractivity contribution >= 4 is 11.6 Å². The van der Waals surface area contributed by atoms with E-state index in [0.717, 1.165) is 31.2 Å². The standard InChI is InChI=1S/C31H42O2/c1-3-5-7-9-10-24-12-17-27(18-13-24)28-19-14-26(15-20-28)23-31(33)29-21-16-25(22-30(29)32)11-8-6-4-2/h12-15,17-20,25,29H,3-11,16,21-23H2,1-2H3. The Morgan fingerprint density at radius 1 is 0.758 bits per heavy atom. The quantitative estimate of drug-likeness (QED) is 0.230. The van der Waals surface area contributed by atoms with Crippen LogP contribution in [0.2, 0.25) is 0 Å². The summed E-state index contributed by atoms with van der Waals surface area (Å²) >= 11 is 0. The molecule has 0 aliphatic heterocycles. The second-order valence-electron chi connectivity index (χ2n) is 10.0. The molecule has 2 nitrogen and oxygen atoms in total. The van der Waals surface area contributed by atoms with E-state index in [0.29, 0.717) is 18.8 Å². The van der Waals surface area contributed by atoms with Crippen LogP contribution in [0.5, 0.6) is 0 Å². The lowest BCUT2D eigenvalue weighted by Crippen LogP contribution is -2.32. The first-order valence-corrected chi connectivity index (χ1v) is 13.3. The number of Topliss-reactive ketones (excluding diaryl/α,β-unsaturated/α-hetero) is 2. The molecular weight excluding hydrogens is 404 g/mol. The SMILES string of the molecule is CCCCCCc1ccc(-c2ccc(CC(=O)C3CCC(CCCCC)CC3=O)cc2)cc1. The highest BCUT2D eigenvalue weighted by molar-refractivity contribution is 6.03. The third kappa shape index (κ3) is 7.95. The molecular formula is C31H42O2. The van der Waals surface area contributed by atoms with Gasteiger partial charge >= 0.3 is 0 Å². The summed E-state index contributed by atoms with van der Waals surface area (Å²) in [5, 5.41) is 0. The molecule has 2 aromatic rings. The van der Waals surface area contributed by atoms with Crippen molar-refractivity contribution in [3.05, 3.63) is 59.7 Å². The van der Waals surface area contributed by atoms with Gasteiger partial charge in [0.15, 0.2) is 0 Å². The highest BCUT2D eigenvalue weighted by atomic mass is 16.1. The van der Waals surface area contributed by atoms with Crippen molar-refractivity contribution in [2.45, 2.75) is 97.3 Å². The van der Waals surface area contributed by atoms with Gasteiger partial charge in [-0.2, -0.15) is 0 Å². The number of carbonyl (C=O) groups excluding carboxylic acids is 2. The van der Waals surface area contributed by atoms with Crippen LogP contribution in [0.25, 0.3) is 11.1 Å². The van der Waals surface area contributed by atoms with Gasteiger partial charge in [0.1, 0.15) is 11.6 Å². The summed E-state index contributed by atoms with van der Waals surface area (Å²) in [6.07, 6.45) is 13.9. The van der Waals surface area contributed by atoms with E-state index in [1.807, 2.05) is 12.1 Å². The summed E-state index contributed by atoms with van der Waals surface area (Å²) in [4.78, 5) is 25.5. The highest BCUT2D eigenvalue weighted by Crippen LogP contribution is 2.31. The second kappa shape index (κ2) is 13.5. The molecule has 0 radical (unpaired) electrons.